The van der Waals surface area contributed by atoms with E-state index in [0.29, 0.717) is 18.2 Å². The van der Waals surface area contributed by atoms with Gasteiger partial charge in [-0.2, -0.15) is 0 Å². The Kier molecular flexibility index (Phi) is 4.00. The molecule has 1 aromatic carbocycles. The van der Waals surface area contributed by atoms with Crippen LogP contribution in [0.3, 0.4) is 0 Å². The highest BCUT2D eigenvalue weighted by atomic mass is 19.1. The summed E-state index contributed by atoms with van der Waals surface area (Å²) >= 11 is 0. The SMILES string of the molecule is CC1(C)CCCCC1NCc1cc(F)ccc1F. The average Bonchev–Trinajstić information content (AvgIpc) is 2.31. The summed E-state index contributed by atoms with van der Waals surface area (Å²) in [6.07, 6.45) is 4.78. The van der Waals surface area contributed by atoms with Crippen molar-refractivity contribution in [2.45, 2.75) is 52.1 Å². The van der Waals surface area contributed by atoms with Crippen LogP contribution >= 0.6 is 0 Å². The number of nitrogens with one attached hydrogen (secondary N) is 1. The van der Waals surface area contributed by atoms with Crippen LogP contribution in [0.15, 0.2) is 18.2 Å². The van der Waals surface area contributed by atoms with Gasteiger partial charge in [0.25, 0.3) is 0 Å². The van der Waals surface area contributed by atoms with Crippen LogP contribution in [0.4, 0.5) is 8.78 Å². The molecular formula is C15H21F2N. The highest BCUT2D eigenvalue weighted by Gasteiger charge is 2.31. The van der Waals surface area contributed by atoms with E-state index < -0.39 is 0 Å². The first-order valence-electron chi connectivity index (χ1n) is 6.66. The molecule has 18 heavy (non-hydrogen) atoms. The van der Waals surface area contributed by atoms with Gasteiger partial charge < -0.3 is 5.32 Å². The average molecular weight is 253 g/mol. The number of halogens is 2. The van der Waals surface area contributed by atoms with E-state index in [9.17, 15) is 8.78 Å². The van der Waals surface area contributed by atoms with Crippen LogP contribution in [0.1, 0.15) is 45.1 Å². The number of rotatable bonds is 3. The summed E-state index contributed by atoms with van der Waals surface area (Å²) in [4.78, 5) is 0. The zero-order valence-electron chi connectivity index (χ0n) is 11.1. The molecular weight excluding hydrogens is 232 g/mol. The standard InChI is InChI=1S/C15H21F2N/c1-15(2)8-4-3-5-14(15)18-10-11-9-12(16)6-7-13(11)17/h6-7,9,14,18H,3-5,8,10H2,1-2H3. The van der Waals surface area contributed by atoms with Crippen molar-refractivity contribution >= 4 is 0 Å². The molecule has 2 rings (SSSR count). The molecule has 1 aliphatic rings. The van der Waals surface area contributed by atoms with Crippen LogP contribution in [0.25, 0.3) is 0 Å². The third kappa shape index (κ3) is 3.08. The Morgan fingerprint density at radius 1 is 1.28 bits per heavy atom. The van der Waals surface area contributed by atoms with Gasteiger partial charge in [-0.05, 0) is 36.5 Å². The molecule has 0 amide bonds. The van der Waals surface area contributed by atoms with Crippen LogP contribution in [-0.2, 0) is 6.54 Å². The molecule has 0 saturated heterocycles. The molecule has 3 heteroatoms. The molecule has 0 bridgehead atoms. The fourth-order valence-corrected chi connectivity index (χ4v) is 2.78. The van der Waals surface area contributed by atoms with Crippen LogP contribution in [-0.4, -0.2) is 6.04 Å². The fourth-order valence-electron chi connectivity index (χ4n) is 2.78. The molecule has 1 N–H and O–H groups in total. The lowest BCUT2D eigenvalue weighted by Crippen LogP contribution is -2.43. The van der Waals surface area contributed by atoms with E-state index in [1.165, 1.54) is 31.4 Å². The van der Waals surface area contributed by atoms with Crippen molar-refractivity contribution < 1.29 is 8.78 Å². The van der Waals surface area contributed by atoms with Gasteiger partial charge in [0, 0.05) is 18.2 Å². The molecule has 1 saturated carbocycles. The van der Waals surface area contributed by atoms with Crippen LogP contribution in [0, 0.1) is 17.0 Å². The van der Waals surface area contributed by atoms with Gasteiger partial charge in [-0.1, -0.05) is 26.7 Å². The molecule has 1 fully saturated rings. The lowest BCUT2D eigenvalue weighted by Gasteiger charge is -2.39. The second kappa shape index (κ2) is 5.35. The summed E-state index contributed by atoms with van der Waals surface area (Å²) in [5.74, 6) is -0.714. The highest BCUT2D eigenvalue weighted by molar-refractivity contribution is 5.18. The van der Waals surface area contributed by atoms with Crippen molar-refractivity contribution in [3.63, 3.8) is 0 Å². The Balaban J connectivity index is 2.00. The molecule has 1 aromatic rings. The molecule has 1 aliphatic carbocycles. The minimum atomic E-state index is -0.379. The van der Waals surface area contributed by atoms with E-state index in [4.69, 9.17) is 0 Å². The summed E-state index contributed by atoms with van der Waals surface area (Å²) in [6, 6.07) is 4.01. The largest absolute Gasteiger partial charge is 0.309 e. The minimum absolute atomic E-state index is 0.238. The molecule has 0 aliphatic heterocycles. The Hall–Kier alpha value is -0.960. The third-order valence-electron chi connectivity index (χ3n) is 4.05. The smallest absolute Gasteiger partial charge is 0.127 e. The van der Waals surface area contributed by atoms with Crippen molar-refractivity contribution in [3.8, 4) is 0 Å². The molecule has 100 valence electrons. The Morgan fingerprint density at radius 3 is 2.78 bits per heavy atom. The first-order valence-corrected chi connectivity index (χ1v) is 6.66. The highest BCUT2D eigenvalue weighted by Crippen LogP contribution is 2.35. The second-order valence-electron chi connectivity index (χ2n) is 5.90. The van der Waals surface area contributed by atoms with Gasteiger partial charge in [-0.25, -0.2) is 8.78 Å². The zero-order chi connectivity index (χ0) is 13.2. The summed E-state index contributed by atoms with van der Waals surface area (Å²) in [6.45, 7) is 4.88. The van der Waals surface area contributed by atoms with Crippen molar-refractivity contribution in [2.75, 3.05) is 0 Å². The Morgan fingerprint density at radius 2 is 2.06 bits per heavy atom. The maximum atomic E-state index is 13.5. The molecule has 0 radical (unpaired) electrons. The minimum Gasteiger partial charge on any atom is -0.309 e. The van der Waals surface area contributed by atoms with Crippen molar-refractivity contribution in [1.29, 1.82) is 0 Å². The Bertz CT molecular complexity index is 415. The summed E-state index contributed by atoms with van der Waals surface area (Å²) in [5.41, 5.74) is 0.651. The maximum absolute atomic E-state index is 13.5. The number of hydrogen-bond acceptors (Lipinski definition) is 1. The molecule has 1 atom stereocenters. The van der Waals surface area contributed by atoms with Gasteiger partial charge in [0.2, 0.25) is 0 Å². The topological polar surface area (TPSA) is 12.0 Å². The molecule has 0 aromatic heterocycles. The zero-order valence-corrected chi connectivity index (χ0v) is 11.1. The number of hydrogen-bond donors (Lipinski definition) is 1. The fraction of sp³-hybridized carbons (Fsp3) is 0.600. The number of benzene rings is 1. The van der Waals surface area contributed by atoms with E-state index in [-0.39, 0.29) is 17.0 Å². The van der Waals surface area contributed by atoms with Gasteiger partial charge in [0.15, 0.2) is 0 Å². The monoisotopic (exact) mass is 253 g/mol. The summed E-state index contributed by atoms with van der Waals surface area (Å²) < 4.78 is 26.6. The van der Waals surface area contributed by atoms with Crippen LogP contribution < -0.4 is 5.32 Å². The first kappa shape index (κ1) is 13.5. The summed E-state index contributed by atoms with van der Waals surface area (Å²) in [5, 5.41) is 3.39. The first-order chi connectivity index (χ1) is 8.49. The van der Waals surface area contributed by atoms with E-state index in [0.717, 1.165) is 12.5 Å². The van der Waals surface area contributed by atoms with Crippen LogP contribution in [0.5, 0.6) is 0 Å². The molecule has 0 spiro atoms. The van der Waals surface area contributed by atoms with Gasteiger partial charge >= 0.3 is 0 Å². The molecule has 1 nitrogen and oxygen atoms in total. The summed E-state index contributed by atoms with van der Waals surface area (Å²) in [7, 11) is 0. The van der Waals surface area contributed by atoms with E-state index in [2.05, 4.69) is 19.2 Å². The third-order valence-corrected chi connectivity index (χ3v) is 4.05. The normalized spacial score (nSPS) is 23.0. The van der Waals surface area contributed by atoms with Gasteiger partial charge in [-0.15, -0.1) is 0 Å². The second-order valence-corrected chi connectivity index (χ2v) is 5.90. The molecule has 0 heterocycles. The predicted molar refractivity (Wildman–Crippen MR) is 69.2 cm³/mol. The lowest BCUT2D eigenvalue weighted by atomic mass is 9.73. The van der Waals surface area contributed by atoms with E-state index in [1.807, 2.05) is 0 Å². The Labute approximate surface area is 108 Å². The van der Waals surface area contributed by atoms with Gasteiger partial charge in [0.1, 0.15) is 11.6 Å². The van der Waals surface area contributed by atoms with Crippen molar-refractivity contribution in [1.82, 2.24) is 5.32 Å². The predicted octanol–water partition coefficient (Wildman–Crippen LogP) is 4.02. The quantitative estimate of drug-likeness (QED) is 0.857. The van der Waals surface area contributed by atoms with Crippen molar-refractivity contribution in [3.05, 3.63) is 35.4 Å². The van der Waals surface area contributed by atoms with E-state index >= 15 is 0 Å². The molecule has 1 unspecified atom stereocenters. The van der Waals surface area contributed by atoms with Crippen molar-refractivity contribution in [2.24, 2.45) is 5.41 Å². The maximum Gasteiger partial charge on any atom is 0.127 e. The van der Waals surface area contributed by atoms with Crippen LogP contribution in [0.2, 0.25) is 0 Å². The van der Waals surface area contributed by atoms with E-state index in [1.54, 1.807) is 0 Å². The van der Waals surface area contributed by atoms with Gasteiger partial charge in [-0.3, -0.25) is 0 Å². The van der Waals surface area contributed by atoms with Gasteiger partial charge in [0.05, 0.1) is 0 Å². The lowest BCUT2D eigenvalue weighted by molar-refractivity contribution is 0.166.